The molecule has 2 aliphatic rings. The number of rotatable bonds is 7. The van der Waals surface area contributed by atoms with Crippen LogP contribution in [0.1, 0.15) is 28.8 Å². The summed E-state index contributed by atoms with van der Waals surface area (Å²) < 4.78 is 16.3. The second kappa shape index (κ2) is 10.7. The number of amides is 1. The molecule has 0 aromatic heterocycles. The monoisotopic (exact) mass is 439 g/mol. The largest absolute Gasteiger partial charge is 0.493 e. The van der Waals surface area contributed by atoms with Crippen LogP contribution in [0.25, 0.3) is 0 Å². The molecule has 0 spiro atoms. The number of piperidine rings is 1. The van der Waals surface area contributed by atoms with Crippen molar-refractivity contribution in [1.29, 1.82) is 0 Å². The highest BCUT2D eigenvalue weighted by Gasteiger charge is 2.22. The molecule has 0 unspecified atom stereocenters. The Morgan fingerprint density at radius 2 is 1.72 bits per heavy atom. The van der Waals surface area contributed by atoms with Gasteiger partial charge in [0.05, 0.1) is 27.4 Å². The van der Waals surface area contributed by atoms with E-state index >= 15 is 0 Å². The minimum absolute atomic E-state index is 0.0933. The summed E-state index contributed by atoms with van der Waals surface area (Å²) in [5.74, 6) is 1.65. The van der Waals surface area contributed by atoms with Crippen molar-refractivity contribution in [3.63, 3.8) is 0 Å². The highest BCUT2D eigenvalue weighted by Crippen LogP contribution is 2.31. The molecule has 0 bridgehead atoms. The molecule has 2 fully saturated rings. The third-order valence-corrected chi connectivity index (χ3v) is 6.34. The lowest BCUT2D eigenvalue weighted by Gasteiger charge is -2.34. The maximum Gasteiger partial charge on any atom is 0.254 e. The molecular weight excluding hydrogens is 406 g/mol. The summed E-state index contributed by atoms with van der Waals surface area (Å²) in [7, 11) is 3.34. The Hall–Kier alpha value is -2.77. The molecule has 0 aliphatic carbocycles. The highest BCUT2D eigenvalue weighted by molar-refractivity contribution is 5.94. The van der Waals surface area contributed by atoms with Crippen molar-refractivity contribution in [3.05, 3.63) is 53.6 Å². The van der Waals surface area contributed by atoms with Gasteiger partial charge in [-0.25, -0.2) is 0 Å². The molecule has 4 rings (SSSR count). The molecule has 1 amide bonds. The first-order valence-corrected chi connectivity index (χ1v) is 11.3. The molecule has 7 nitrogen and oxygen atoms in total. The van der Waals surface area contributed by atoms with Crippen molar-refractivity contribution in [1.82, 2.24) is 10.2 Å². The molecular formula is C25H33N3O4. The van der Waals surface area contributed by atoms with Crippen molar-refractivity contribution in [2.45, 2.75) is 25.4 Å². The lowest BCUT2D eigenvalue weighted by molar-refractivity contribution is 0.0303. The number of morpholine rings is 1. The summed E-state index contributed by atoms with van der Waals surface area (Å²) in [5, 5.41) is 3.67. The first-order chi connectivity index (χ1) is 15.7. The van der Waals surface area contributed by atoms with Gasteiger partial charge in [0.25, 0.3) is 5.91 Å². The molecule has 2 aromatic rings. The number of carbonyl (C=O) groups is 1. The third-order valence-electron chi connectivity index (χ3n) is 6.34. The number of ether oxygens (including phenoxy) is 3. The van der Waals surface area contributed by atoms with Crippen LogP contribution in [0.4, 0.5) is 5.69 Å². The standard InChI is InChI=1S/C25H33N3O4/c1-30-23-5-3-4-20(24(23)31-2)18-26-21-10-12-27(13-11-21)22-8-6-19(7-9-22)25(29)28-14-16-32-17-15-28/h3-9,21,26H,10-18H2,1-2H3. The van der Waals surface area contributed by atoms with Crippen molar-refractivity contribution in [2.75, 3.05) is 58.5 Å². The summed E-state index contributed by atoms with van der Waals surface area (Å²) in [6.45, 7) is 5.32. The number of nitrogens with one attached hydrogen (secondary N) is 1. The average molecular weight is 440 g/mol. The molecule has 7 heteroatoms. The SMILES string of the molecule is COc1cccc(CNC2CCN(c3ccc(C(=O)N4CCOCC4)cc3)CC2)c1OC. The van der Waals surface area contributed by atoms with Crippen LogP contribution in [0.5, 0.6) is 11.5 Å². The van der Waals surface area contributed by atoms with Crippen molar-refractivity contribution >= 4 is 11.6 Å². The van der Waals surface area contributed by atoms with Crippen LogP contribution in [0.3, 0.4) is 0 Å². The predicted molar refractivity (Wildman–Crippen MR) is 125 cm³/mol. The Morgan fingerprint density at radius 3 is 2.38 bits per heavy atom. The normalized spacial score (nSPS) is 17.3. The molecule has 2 aliphatic heterocycles. The Balaban J connectivity index is 1.28. The van der Waals surface area contributed by atoms with Crippen LogP contribution < -0.4 is 19.7 Å². The molecule has 2 heterocycles. The molecule has 0 atom stereocenters. The molecule has 0 radical (unpaired) electrons. The first kappa shape index (κ1) is 22.4. The van der Waals surface area contributed by atoms with Gasteiger partial charge in [0.15, 0.2) is 11.5 Å². The van der Waals surface area contributed by atoms with Gasteiger partial charge in [-0.2, -0.15) is 0 Å². The lowest BCUT2D eigenvalue weighted by Crippen LogP contribution is -2.42. The highest BCUT2D eigenvalue weighted by atomic mass is 16.5. The van der Waals surface area contributed by atoms with Crippen molar-refractivity contribution in [2.24, 2.45) is 0 Å². The zero-order chi connectivity index (χ0) is 22.3. The van der Waals surface area contributed by atoms with Gasteiger partial charge in [-0.05, 0) is 43.2 Å². The fourth-order valence-electron chi connectivity index (χ4n) is 4.45. The minimum Gasteiger partial charge on any atom is -0.493 e. The van der Waals surface area contributed by atoms with Gasteiger partial charge >= 0.3 is 0 Å². The number of hydrogen-bond acceptors (Lipinski definition) is 6. The number of carbonyl (C=O) groups excluding carboxylic acids is 1. The summed E-state index contributed by atoms with van der Waals surface area (Å²) in [6.07, 6.45) is 2.14. The molecule has 0 saturated carbocycles. The van der Waals surface area contributed by atoms with Gasteiger partial charge in [0.2, 0.25) is 0 Å². The summed E-state index contributed by atoms with van der Waals surface area (Å²) in [4.78, 5) is 16.9. The van der Waals surface area contributed by atoms with E-state index in [0.29, 0.717) is 32.3 Å². The average Bonchev–Trinajstić information content (AvgIpc) is 2.87. The van der Waals surface area contributed by atoms with Crippen LogP contribution in [0.2, 0.25) is 0 Å². The van der Waals surface area contributed by atoms with E-state index in [1.54, 1.807) is 14.2 Å². The number of nitrogens with zero attached hydrogens (tertiary/aromatic N) is 2. The zero-order valence-corrected chi connectivity index (χ0v) is 19.0. The molecule has 2 saturated heterocycles. The smallest absolute Gasteiger partial charge is 0.254 e. The Kier molecular flexibility index (Phi) is 7.50. The topological polar surface area (TPSA) is 63.3 Å². The first-order valence-electron chi connectivity index (χ1n) is 11.3. The lowest BCUT2D eigenvalue weighted by atomic mass is 10.0. The van der Waals surface area contributed by atoms with E-state index in [0.717, 1.165) is 55.1 Å². The summed E-state index contributed by atoms with van der Waals surface area (Å²) in [5.41, 5.74) is 3.03. The van der Waals surface area contributed by atoms with E-state index in [4.69, 9.17) is 14.2 Å². The molecule has 2 aromatic carbocycles. The van der Waals surface area contributed by atoms with Gasteiger partial charge in [-0.1, -0.05) is 12.1 Å². The fraction of sp³-hybridized carbons (Fsp3) is 0.480. The minimum atomic E-state index is 0.0933. The Bertz CT molecular complexity index is 889. The van der Waals surface area contributed by atoms with Crippen LogP contribution in [0, 0.1) is 0 Å². The summed E-state index contributed by atoms with van der Waals surface area (Å²) in [6, 6.07) is 14.5. The van der Waals surface area contributed by atoms with Crippen LogP contribution in [0.15, 0.2) is 42.5 Å². The van der Waals surface area contributed by atoms with E-state index < -0.39 is 0 Å². The van der Waals surface area contributed by atoms with E-state index in [1.165, 1.54) is 5.69 Å². The van der Waals surface area contributed by atoms with E-state index in [9.17, 15) is 4.79 Å². The fourth-order valence-corrected chi connectivity index (χ4v) is 4.45. The number of methoxy groups -OCH3 is 2. The third kappa shape index (κ3) is 5.16. The second-order valence-corrected chi connectivity index (χ2v) is 8.25. The van der Waals surface area contributed by atoms with E-state index in [2.05, 4.69) is 28.4 Å². The predicted octanol–water partition coefficient (Wildman–Crippen LogP) is 2.93. The molecule has 32 heavy (non-hydrogen) atoms. The van der Waals surface area contributed by atoms with Crippen molar-refractivity contribution in [3.8, 4) is 11.5 Å². The molecule has 1 N–H and O–H groups in total. The number of benzene rings is 2. The maximum atomic E-state index is 12.6. The van der Waals surface area contributed by atoms with E-state index in [1.807, 2.05) is 29.2 Å². The molecule has 172 valence electrons. The quantitative estimate of drug-likeness (QED) is 0.716. The zero-order valence-electron chi connectivity index (χ0n) is 19.0. The Labute approximate surface area is 190 Å². The maximum absolute atomic E-state index is 12.6. The van der Waals surface area contributed by atoms with Gasteiger partial charge in [-0.3, -0.25) is 4.79 Å². The van der Waals surface area contributed by atoms with Gasteiger partial charge in [-0.15, -0.1) is 0 Å². The number of hydrogen-bond donors (Lipinski definition) is 1. The van der Waals surface area contributed by atoms with Crippen molar-refractivity contribution < 1.29 is 19.0 Å². The number of para-hydroxylation sites is 1. The second-order valence-electron chi connectivity index (χ2n) is 8.25. The van der Waals surface area contributed by atoms with Crippen LogP contribution in [-0.4, -0.2) is 70.5 Å². The van der Waals surface area contributed by atoms with Gasteiger partial charge < -0.3 is 29.3 Å². The van der Waals surface area contributed by atoms with Crippen LogP contribution in [-0.2, 0) is 11.3 Å². The number of anilines is 1. The van der Waals surface area contributed by atoms with E-state index in [-0.39, 0.29) is 5.91 Å². The van der Waals surface area contributed by atoms with Gasteiger partial charge in [0, 0.05) is 55.6 Å². The summed E-state index contributed by atoms with van der Waals surface area (Å²) >= 11 is 0. The van der Waals surface area contributed by atoms with Gasteiger partial charge in [0.1, 0.15) is 0 Å². The van der Waals surface area contributed by atoms with Crippen LogP contribution >= 0.6 is 0 Å². The Morgan fingerprint density at radius 1 is 1.00 bits per heavy atom.